The third-order valence-corrected chi connectivity index (χ3v) is 3.52. The molecule has 0 aromatic carbocycles. The molecule has 23 heavy (non-hydrogen) atoms. The monoisotopic (exact) mass is 324 g/mol. The van der Waals surface area contributed by atoms with Gasteiger partial charge in [-0.25, -0.2) is 9.79 Å². The standard InChI is InChI=1S/C15H24N4O4/c1-10(2)19(11(3)4)9-16-12-5-6-18(15(21)17-12)13-8-22-14(7-20)23-13/h5-6,9-11,13-14,20H,7-8H2,1-4H3. The van der Waals surface area contributed by atoms with Crippen molar-refractivity contribution in [3.05, 3.63) is 22.7 Å². The lowest BCUT2D eigenvalue weighted by Gasteiger charge is -2.27. The molecule has 2 heterocycles. The van der Waals surface area contributed by atoms with Gasteiger partial charge in [0, 0.05) is 18.3 Å². The minimum absolute atomic E-state index is 0.198. The van der Waals surface area contributed by atoms with Gasteiger partial charge < -0.3 is 19.5 Å². The fraction of sp³-hybridized carbons (Fsp3) is 0.667. The van der Waals surface area contributed by atoms with Crippen LogP contribution in [0.3, 0.4) is 0 Å². The second-order valence-electron chi connectivity index (χ2n) is 5.89. The molecule has 128 valence electrons. The highest BCUT2D eigenvalue weighted by atomic mass is 16.7. The van der Waals surface area contributed by atoms with Crippen LogP contribution < -0.4 is 5.69 Å². The van der Waals surface area contributed by atoms with Gasteiger partial charge in [0.05, 0.1) is 19.6 Å². The SMILES string of the molecule is CC(C)N(C=Nc1ccn(C2COC(CO)O2)c(=O)n1)C(C)C. The average Bonchev–Trinajstić information content (AvgIpc) is 2.95. The van der Waals surface area contributed by atoms with Gasteiger partial charge in [-0.15, -0.1) is 0 Å². The van der Waals surface area contributed by atoms with Crippen LogP contribution >= 0.6 is 0 Å². The van der Waals surface area contributed by atoms with E-state index in [1.807, 2.05) is 0 Å². The Bertz CT molecular complexity index is 591. The highest BCUT2D eigenvalue weighted by molar-refractivity contribution is 5.60. The molecule has 2 unspecified atom stereocenters. The largest absolute Gasteiger partial charge is 0.391 e. The second kappa shape index (κ2) is 7.67. The molecule has 1 fully saturated rings. The number of aliphatic hydroxyl groups is 1. The first-order valence-electron chi connectivity index (χ1n) is 7.71. The Morgan fingerprint density at radius 2 is 2.17 bits per heavy atom. The van der Waals surface area contributed by atoms with Gasteiger partial charge in [-0.2, -0.15) is 4.98 Å². The van der Waals surface area contributed by atoms with E-state index < -0.39 is 18.2 Å². The van der Waals surface area contributed by atoms with Crippen LogP contribution in [-0.2, 0) is 9.47 Å². The lowest BCUT2D eigenvalue weighted by molar-refractivity contribution is -0.0992. The number of aliphatic imine (C=N–C) groups is 1. The maximum absolute atomic E-state index is 12.1. The number of aromatic nitrogens is 2. The van der Waals surface area contributed by atoms with Crippen LogP contribution in [0.5, 0.6) is 0 Å². The van der Waals surface area contributed by atoms with E-state index in [9.17, 15) is 4.79 Å². The van der Waals surface area contributed by atoms with Gasteiger partial charge in [0.15, 0.2) is 18.3 Å². The molecule has 1 aliphatic rings. The van der Waals surface area contributed by atoms with E-state index in [0.29, 0.717) is 17.9 Å². The predicted molar refractivity (Wildman–Crippen MR) is 85.7 cm³/mol. The van der Waals surface area contributed by atoms with Crippen LogP contribution in [0.25, 0.3) is 0 Å². The summed E-state index contributed by atoms with van der Waals surface area (Å²) in [5.41, 5.74) is -0.465. The predicted octanol–water partition coefficient (Wildman–Crippen LogP) is 0.886. The molecule has 0 aliphatic carbocycles. The van der Waals surface area contributed by atoms with E-state index in [1.54, 1.807) is 18.6 Å². The first-order valence-corrected chi connectivity index (χ1v) is 7.71. The lowest BCUT2D eigenvalue weighted by atomic mass is 10.2. The van der Waals surface area contributed by atoms with Crippen molar-refractivity contribution in [1.82, 2.24) is 14.5 Å². The summed E-state index contributed by atoms with van der Waals surface area (Å²) in [6, 6.07) is 2.25. The summed E-state index contributed by atoms with van der Waals surface area (Å²) in [6.45, 7) is 8.25. The van der Waals surface area contributed by atoms with Crippen molar-refractivity contribution >= 4 is 12.2 Å². The first kappa shape index (κ1) is 17.6. The molecule has 1 aliphatic heterocycles. The third kappa shape index (κ3) is 4.37. The molecule has 0 spiro atoms. The number of hydrogen-bond donors (Lipinski definition) is 1. The molecule has 1 aromatic heterocycles. The third-order valence-electron chi connectivity index (χ3n) is 3.52. The van der Waals surface area contributed by atoms with Crippen LogP contribution in [0.2, 0.25) is 0 Å². The quantitative estimate of drug-likeness (QED) is 0.617. The van der Waals surface area contributed by atoms with Crippen LogP contribution in [0.1, 0.15) is 33.9 Å². The van der Waals surface area contributed by atoms with Crippen molar-refractivity contribution in [3.63, 3.8) is 0 Å². The molecule has 1 N–H and O–H groups in total. The number of hydrogen-bond acceptors (Lipinski definition) is 6. The molecule has 2 atom stereocenters. The van der Waals surface area contributed by atoms with Gasteiger partial charge in [-0.3, -0.25) is 4.57 Å². The average molecular weight is 324 g/mol. The van der Waals surface area contributed by atoms with Gasteiger partial charge >= 0.3 is 5.69 Å². The Morgan fingerprint density at radius 1 is 1.48 bits per heavy atom. The molecule has 8 nitrogen and oxygen atoms in total. The molecular weight excluding hydrogens is 300 g/mol. The summed E-state index contributed by atoms with van der Waals surface area (Å²) >= 11 is 0. The zero-order chi connectivity index (χ0) is 17.0. The molecule has 0 radical (unpaired) electrons. The van der Waals surface area contributed by atoms with Crippen LogP contribution in [0.15, 0.2) is 22.1 Å². The smallest absolute Gasteiger partial charge is 0.351 e. The van der Waals surface area contributed by atoms with Gasteiger partial charge in [0.25, 0.3) is 0 Å². The number of aliphatic hydroxyl groups excluding tert-OH is 1. The van der Waals surface area contributed by atoms with E-state index >= 15 is 0 Å². The number of rotatable bonds is 6. The minimum Gasteiger partial charge on any atom is -0.391 e. The fourth-order valence-corrected chi connectivity index (χ4v) is 2.37. The van der Waals surface area contributed by atoms with E-state index in [4.69, 9.17) is 14.6 Å². The van der Waals surface area contributed by atoms with Crippen molar-refractivity contribution in [3.8, 4) is 0 Å². The Kier molecular flexibility index (Phi) is 5.86. The first-order chi connectivity index (χ1) is 10.9. The maximum Gasteiger partial charge on any atom is 0.351 e. The minimum atomic E-state index is -0.699. The maximum atomic E-state index is 12.1. The van der Waals surface area contributed by atoms with E-state index in [1.165, 1.54) is 4.57 Å². The summed E-state index contributed by atoms with van der Waals surface area (Å²) in [4.78, 5) is 22.4. The Labute approximate surface area is 135 Å². The highest BCUT2D eigenvalue weighted by Crippen LogP contribution is 2.19. The molecule has 1 saturated heterocycles. The Balaban J connectivity index is 2.12. The van der Waals surface area contributed by atoms with Crippen molar-refractivity contribution in [2.24, 2.45) is 4.99 Å². The van der Waals surface area contributed by atoms with Crippen molar-refractivity contribution < 1.29 is 14.6 Å². The van der Waals surface area contributed by atoms with Gasteiger partial charge in [0.1, 0.15) is 0 Å². The zero-order valence-electron chi connectivity index (χ0n) is 13.9. The number of ether oxygens (including phenoxy) is 2. The lowest BCUT2D eigenvalue weighted by Crippen LogP contribution is -2.35. The van der Waals surface area contributed by atoms with Gasteiger partial charge in [-0.1, -0.05) is 0 Å². The highest BCUT2D eigenvalue weighted by Gasteiger charge is 2.27. The van der Waals surface area contributed by atoms with E-state index in [0.717, 1.165) is 0 Å². The summed E-state index contributed by atoms with van der Waals surface area (Å²) in [7, 11) is 0. The summed E-state index contributed by atoms with van der Waals surface area (Å²) < 4.78 is 11.9. The van der Waals surface area contributed by atoms with E-state index in [-0.39, 0.29) is 13.2 Å². The van der Waals surface area contributed by atoms with Crippen molar-refractivity contribution in [1.29, 1.82) is 0 Å². The van der Waals surface area contributed by atoms with Crippen molar-refractivity contribution in [2.45, 2.75) is 52.3 Å². The normalized spacial score (nSPS) is 21.7. The Hall–Kier alpha value is -1.77. The van der Waals surface area contributed by atoms with Crippen molar-refractivity contribution in [2.75, 3.05) is 13.2 Å². The summed E-state index contributed by atoms with van der Waals surface area (Å²) in [6.07, 6.45) is 2.01. The van der Waals surface area contributed by atoms with Gasteiger partial charge in [-0.05, 0) is 33.8 Å². The van der Waals surface area contributed by atoms with Crippen LogP contribution in [0, 0.1) is 0 Å². The van der Waals surface area contributed by atoms with Crippen LogP contribution in [-0.4, -0.2) is 57.5 Å². The van der Waals surface area contributed by atoms with Crippen LogP contribution in [0.4, 0.5) is 5.82 Å². The molecule has 0 saturated carbocycles. The molecule has 1 aromatic rings. The van der Waals surface area contributed by atoms with Gasteiger partial charge in [0.2, 0.25) is 0 Å². The second-order valence-corrected chi connectivity index (χ2v) is 5.89. The zero-order valence-corrected chi connectivity index (χ0v) is 13.9. The fourth-order valence-electron chi connectivity index (χ4n) is 2.37. The molecule has 0 bridgehead atoms. The molecule has 0 amide bonds. The molecule has 8 heteroatoms. The topological polar surface area (TPSA) is 89.2 Å². The Morgan fingerprint density at radius 3 is 2.70 bits per heavy atom. The van der Waals surface area contributed by atoms with E-state index in [2.05, 4.69) is 42.6 Å². The molecular formula is C15H24N4O4. The summed E-state index contributed by atoms with van der Waals surface area (Å²) in [5.74, 6) is 0.343. The molecule has 2 rings (SSSR count). The summed E-state index contributed by atoms with van der Waals surface area (Å²) in [5, 5.41) is 8.98. The number of nitrogens with zero attached hydrogens (tertiary/aromatic N) is 4.